The second kappa shape index (κ2) is 7.18. The highest BCUT2D eigenvalue weighted by atomic mass is 35.5. The van der Waals surface area contributed by atoms with E-state index in [9.17, 15) is 9.18 Å². The minimum atomic E-state index is -0.680. The first-order chi connectivity index (χ1) is 7.90. The van der Waals surface area contributed by atoms with Gasteiger partial charge < -0.3 is 15.8 Å². The van der Waals surface area contributed by atoms with Crippen LogP contribution in [0.15, 0.2) is 18.2 Å². The average Bonchev–Trinajstić information content (AvgIpc) is 2.20. The smallest absolute Gasteiger partial charge is 0.241 e. The molecule has 0 aromatic heterocycles. The third kappa shape index (κ3) is 4.89. The van der Waals surface area contributed by atoms with Crippen molar-refractivity contribution < 1.29 is 13.9 Å². The van der Waals surface area contributed by atoms with Gasteiger partial charge in [-0.25, -0.2) is 4.39 Å². The Bertz CT molecular complexity index is 411. The molecule has 6 heteroatoms. The number of nitrogens with one attached hydrogen (secondary N) is 1. The highest BCUT2D eigenvalue weighted by Gasteiger charge is 2.11. The molecule has 0 heterocycles. The maximum Gasteiger partial charge on any atom is 0.241 e. The number of hydrogen-bond donors (Lipinski definition) is 2. The van der Waals surface area contributed by atoms with Crippen LogP contribution in [0.3, 0.4) is 0 Å². The van der Waals surface area contributed by atoms with E-state index in [1.165, 1.54) is 19.1 Å². The molecule has 0 aliphatic carbocycles. The van der Waals surface area contributed by atoms with E-state index < -0.39 is 17.8 Å². The lowest BCUT2D eigenvalue weighted by atomic mass is 10.2. The molecule has 102 valence electrons. The van der Waals surface area contributed by atoms with Gasteiger partial charge in [-0.2, -0.15) is 0 Å². The number of nitrogens with two attached hydrogens (primary N) is 1. The van der Waals surface area contributed by atoms with E-state index in [1.807, 2.05) is 13.8 Å². The topological polar surface area (TPSA) is 64.3 Å². The minimum Gasteiger partial charge on any atom is -0.491 e. The zero-order chi connectivity index (χ0) is 13.0. The summed E-state index contributed by atoms with van der Waals surface area (Å²) in [5.74, 6) is -0.546. The predicted octanol–water partition coefficient (Wildman–Crippen LogP) is 2.32. The van der Waals surface area contributed by atoms with Crippen LogP contribution in [-0.4, -0.2) is 18.1 Å². The Hall–Kier alpha value is -1.33. The average molecular weight is 277 g/mol. The number of benzene rings is 1. The Balaban J connectivity index is 0.00000289. The SMILES string of the molecule is CC(C)Oc1ccc(NC(=O)[C@H](C)N)c(F)c1.Cl. The molecular formula is C12H18ClFN2O2. The molecular weight excluding hydrogens is 259 g/mol. The fourth-order valence-electron chi connectivity index (χ4n) is 1.19. The molecule has 0 bridgehead atoms. The van der Waals surface area contributed by atoms with Gasteiger partial charge in [0.05, 0.1) is 17.8 Å². The van der Waals surface area contributed by atoms with E-state index in [0.717, 1.165) is 0 Å². The Morgan fingerprint density at radius 3 is 2.44 bits per heavy atom. The molecule has 0 aliphatic rings. The quantitative estimate of drug-likeness (QED) is 0.887. The van der Waals surface area contributed by atoms with Crippen LogP contribution in [0.2, 0.25) is 0 Å². The van der Waals surface area contributed by atoms with Crippen molar-refractivity contribution in [2.75, 3.05) is 5.32 Å². The number of amides is 1. The van der Waals surface area contributed by atoms with Crippen LogP contribution in [0.4, 0.5) is 10.1 Å². The zero-order valence-corrected chi connectivity index (χ0v) is 11.4. The van der Waals surface area contributed by atoms with E-state index in [2.05, 4.69) is 5.32 Å². The van der Waals surface area contributed by atoms with Crippen LogP contribution >= 0.6 is 12.4 Å². The molecule has 0 saturated carbocycles. The van der Waals surface area contributed by atoms with E-state index in [0.29, 0.717) is 5.75 Å². The van der Waals surface area contributed by atoms with E-state index in [4.69, 9.17) is 10.5 Å². The van der Waals surface area contributed by atoms with Crippen molar-refractivity contribution in [3.8, 4) is 5.75 Å². The molecule has 0 spiro atoms. The number of halogens is 2. The molecule has 0 fully saturated rings. The van der Waals surface area contributed by atoms with Crippen molar-refractivity contribution in [3.05, 3.63) is 24.0 Å². The van der Waals surface area contributed by atoms with E-state index in [1.54, 1.807) is 6.07 Å². The standard InChI is InChI=1S/C12H17FN2O2.ClH/c1-7(2)17-9-4-5-11(10(13)6-9)15-12(16)8(3)14;/h4-8H,14H2,1-3H3,(H,15,16);1H/t8-;/m0./s1. The zero-order valence-electron chi connectivity index (χ0n) is 10.6. The van der Waals surface area contributed by atoms with Gasteiger partial charge in [-0.05, 0) is 32.9 Å². The molecule has 1 amide bonds. The number of rotatable bonds is 4. The largest absolute Gasteiger partial charge is 0.491 e. The van der Waals surface area contributed by atoms with Crippen LogP contribution in [0.25, 0.3) is 0 Å². The summed E-state index contributed by atoms with van der Waals surface area (Å²) in [6.07, 6.45) is -0.0288. The van der Waals surface area contributed by atoms with Gasteiger partial charge in [0.15, 0.2) is 0 Å². The van der Waals surface area contributed by atoms with Gasteiger partial charge in [0.2, 0.25) is 5.91 Å². The number of anilines is 1. The number of ether oxygens (including phenoxy) is 1. The lowest BCUT2D eigenvalue weighted by Crippen LogP contribution is -2.32. The molecule has 1 atom stereocenters. The lowest BCUT2D eigenvalue weighted by molar-refractivity contribution is -0.117. The molecule has 0 radical (unpaired) electrons. The van der Waals surface area contributed by atoms with Gasteiger partial charge in [0.25, 0.3) is 0 Å². The van der Waals surface area contributed by atoms with Crippen LogP contribution in [0, 0.1) is 5.82 Å². The summed E-state index contributed by atoms with van der Waals surface area (Å²) in [6, 6.07) is 3.60. The Kier molecular flexibility index (Phi) is 6.65. The molecule has 1 aromatic carbocycles. The monoisotopic (exact) mass is 276 g/mol. The van der Waals surface area contributed by atoms with Crippen molar-refractivity contribution in [1.29, 1.82) is 0 Å². The third-order valence-electron chi connectivity index (χ3n) is 1.98. The summed E-state index contributed by atoms with van der Waals surface area (Å²) in [7, 11) is 0. The first kappa shape index (κ1) is 16.7. The summed E-state index contributed by atoms with van der Waals surface area (Å²) >= 11 is 0. The van der Waals surface area contributed by atoms with Gasteiger partial charge in [-0.15, -0.1) is 12.4 Å². The molecule has 18 heavy (non-hydrogen) atoms. The number of carbonyl (C=O) groups is 1. The maximum absolute atomic E-state index is 13.6. The maximum atomic E-state index is 13.6. The summed E-state index contributed by atoms with van der Waals surface area (Å²) in [6.45, 7) is 5.23. The molecule has 1 rings (SSSR count). The highest BCUT2D eigenvalue weighted by Crippen LogP contribution is 2.21. The lowest BCUT2D eigenvalue weighted by Gasteiger charge is -2.12. The van der Waals surface area contributed by atoms with E-state index in [-0.39, 0.29) is 24.2 Å². The molecule has 3 N–H and O–H groups in total. The number of hydrogen-bond acceptors (Lipinski definition) is 3. The molecule has 0 unspecified atom stereocenters. The molecule has 4 nitrogen and oxygen atoms in total. The van der Waals surface area contributed by atoms with Crippen molar-refractivity contribution in [2.45, 2.75) is 32.9 Å². The first-order valence-electron chi connectivity index (χ1n) is 5.43. The van der Waals surface area contributed by atoms with Crippen LogP contribution < -0.4 is 15.8 Å². The van der Waals surface area contributed by atoms with Crippen LogP contribution in [0.5, 0.6) is 5.75 Å². The molecule has 0 aliphatic heterocycles. The molecule has 1 aromatic rings. The fraction of sp³-hybridized carbons (Fsp3) is 0.417. The second-order valence-electron chi connectivity index (χ2n) is 4.09. The summed E-state index contributed by atoms with van der Waals surface area (Å²) in [5.41, 5.74) is 5.47. The van der Waals surface area contributed by atoms with Crippen molar-refractivity contribution in [2.24, 2.45) is 5.73 Å². The number of carbonyl (C=O) groups excluding carboxylic acids is 1. The third-order valence-corrected chi connectivity index (χ3v) is 1.98. The van der Waals surface area contributed by atoms with E-state index >= 15 is 0 Å². The van der Waals surface area contributed by atoms with Gasteiger partial charge in [-0.1, -0.05) is 0 Å². The first-order valence-corrected chi connectivity index (χ1v) is 5.43. The van der Waals surface area contributed by atoms with Crippen molar-refractivity contribution in [3.63, 3.8) is 0 Å². The Labute approximate surface area is 112 Å². The van der Waals surface area contributed by atoms with Gasteiger partial charge >= 0.3 is 0 Å². The Morgan fingerprint density at radius 1 is 1.39 bits per heavy atom. The summed E-state index contributed by atoms with van der Waals surface area (Å²) in [5, 5.41) is 2.40. The normalized spacial score (nSPS) is 11.7. The molecule has 0 saturated heterocycles. The predicted molar refractivity (Wildman–Crippen MR) is 71.7 cm³/mol. The summed E-state index contributed by atoms with van der Waals surface area (Å²) in [4.78, 5) is 11.3. The minimum absolute atomic E-state index is 0. The second-order valence-corrected chi connectivity index (χ2v) is 4.09. The fourth-order valence-corrected chi connectivity index (χ4v) is 1.19. The summed E-state index contributed by atoms with van der Waals surface area (Å²) < 4.78 is 18.9. The van der Waals surface area contributed by atoms with Gasteiger partial charge in [0, 0.05) is 6.07 Å². The van der Waals surface area contributed by atoms with Gasteiger partial charge in [-0.3, -0.25) is 4.79 Å². The van der Waals surface area contributed by atoms with Gasteiger partial charge in [0.1, 0.15) is 11.6 Å². The highest BCUT2D eigenvalue weighted by molar-refractivity contribution is 5.94. The van der Waals surface area contributed by atoms with Crippen LogP contribution in [0.1, 0.15) is 20.8 Å². The van der Waals surface area contributed by atoms with Crippen LogP contribution in [-0.2, 0) is 4.79 Å². The Morgan fingerprint density at radius 2 is 2.00 bits per heavy atom. The van der Waals surface area contributed by atoms with Crippen molar-refractivity contribution in [1.82, 2.24) is 0 Å². The van der Waals surface area contributed by atoms with Crippen molar-refractivity contribution >= 4 is 24.0 Å².